The lowest BCUT2D eigenvalue weighted by molar-refractivity contribution is 0.0173. The summed E-state index contributed by atoms with van der Waals surface area (Å²) in [7, 11) is -3.19. The minimum Gasteiger partial charge on any atom is -0.371 e. The number of halogens is 1. The zero-order chi connectivity index (χ0) is 15.1. The largest absolute Gasteiger partial charge is 0.371 e. The van der Waals surface area contributed by atoms with Crippen molar-refractivity contribution in [1.82, 2.24) is 9.29 Å². The number of rotatable bonds is 3. The molecule has 1 aromatic heterocycles. The highest BCUT2D eigenvalue weighted by atomic mass is 32.2. The van der Waals surface area contributed by atoms with E-state index in [9.17, 15) is 12.8 Å². The second-order valence-corrected chi connectivity index (χ2v) is 7.70. The van der Waals surface area contributed by atoms with Crippen LogP contribution < -0.4 is 5.32 Å². The average molecular weight is 315 g/mol. The van der Waals surface area contributed by atoms with Crippen LogP contribution in [0, 0.1) is 5.82 Å². The van der Waals surface area contributed by atoms with Gasteiger partial charge >= 0.3 is 0 Å². The monoisotopic (exact) mass is 315 g/mol. The Morgan fingerprint density at radius 1 is 1.57 bits per heavy atom. The van der Waals surface area contributed by atoms with Crippen LogP contribution >= 0.6 is 0 Å². The maximum atomic E-state index is 13.6. The van der Waals surface area contributed by atoms with E-state index in [0.717, 1.165) is 0 Å². The molecule has 2 saturated heterocycles. The van der Waals surface area contributed by atoms with Crippen molar-refractivity contribution in [2.45, 2.75) is 24.5 Å². The van der Waals surface area contributed by atoms with Gasteiger partial charge in [-0.1, -0.05) is 0 Å². The second kappa shape index (κ2) is 5.19. The Morgan fingerprint density at radius 3 is 3.05 bits per heavy atom. The summed E-state index contributed by atoms with van der Waals surface area (Å²) in [5.74, 6) is -0.191. The van der Waals surface area contributed by atoms with Gasteiger partial charge in [-0.3, -0.25) is 0 Å². The van der Waals surface area contributed by atoms with Gasteiger partial charge in [0.05, 0.1) is 24.5 Å². The van der Waals surface area contributed by atoms with Crippen LogP contribution in [0.2, 0.25) is 0 Å². The molecule has 3 rings (SSSR count). The highest BCUT2D eigenvalue weighted by Crippen LogP contribution is 2.36. The number of pyridine rings is 1. The molecule has 1 spiro atoms. The predicted octanol–water partition coefficient (Wildman–Crippen LogP) is 0.826. The van der Waals surface area contributed by atoms with E-state index in [-0.39, 0.29) is 11.9 Å². The van der Waals surface area contributed by atoms with Gasteiger partial charge in [-0.15, -0.1) is 0 Å². The Morgan fingerprint density at radius 2 is 2.38 bits per heavy atom. The first-order valence-corrected chi connectivity index (χ1v) is 8.69. The summed E-state index contributed by atoms with van der Waals surface area (Å²) in [5.41, 5.74) is -0.452. The predicted molar refractivity (Wildman–Crippen MR) is 75.9 cm³/mol. The Hall–Kier alpha value is -1.25. The first kappa shape index (κ1) is 14.7. The molecule has 0 radical (unpaired) electrons. The molecule has 116 valence electrons. The van der Waals surface area contributed by atoms with Gasteiger partial charge < -0.3 is 10.1 Å². The number of aromatic nitrogens is 1. The van der Waals surface area contributed by atoms with Crippen molar-refractivity contribution in [3.05, 3.63) is 24.1 Å². The first-order valence-electron chi connectivity index (χ1n) is 6.84. The molecule has 21 heavy (non-hydrogen) atoms. The summed E-state index contributed by atoms with van der Waals surface area (Å²) < 4.78 is 44.0. The van der Waals surface area contributed by atoms with E-state index in [1.165, 1.54) is 28.9 Å². The number of sulfonamides is 1. The molecular formula is C13H18FN3O3S. The van der Waals surface area contributed by atoms with E-state index in [2.05, 4.69) is 10.3 Å². The number of nitrogens with one attached hydrogen (secondary N) is 1. The Labute approximate surface area is 123 Å². The molecule has 2 fully saturated rings. The van der Waals surface area contributed by atoms with E-state index < -0.39 is 21.4 Å². The van der Waals surface area contributed by atoms with Crippen molar-refractivity contribution in [3.8, 4) is 0 Å². The molecule has 0 bridgehead atoms. The van der Waals surface area contributed by atoms with Crippen molar-refractivity contribution in [1.29, 1.82) is 0 Å². The Balaban J connectivity index is 1.65. The van der Waals surface area contributed by atoms with Crippen LogP contribution in [0.25, 0.3) is 0 Å². The number of anilines is 1. The van der Waals surface area contributed by atoms with E-state index in [0.29, 0.717) is 32.5 Å². The molecule has 2 atom stereocenters. The molecule has 0 amide bonds. The summed E-state index contributed by atoms with van der Waals surface area (Å²) in [6, 6.07) is 2.82. The molecule has 6 nitrogen and oxygen atoms in total. The summed E-state index contributed by atoms with van der Waals surface area (Å²) in [6.45, 7) is 1.27. The molecule has 8 heteroatoms. The van der Waals surface area contributed by atoms with Crippen LogP contribution in [0.5, 0.6) is 0 Å². The van der Waals surface area contributed by atoms with E-state index >= 15 is 0 Å². The summed E-state index contributed by atoms with van der Waals surface area (Å²) in [5, 5.41) is 3.03. The van der Waals surface area contributed by atoms with Gasteiger partial charge in [-0.05, 0) is 18.6 Å². The lowest BCUT2D eigenvalue weighted by Crippen LogP contribution is -2.35. The molecule has 0 aliphatic carbocycles. The second-order valence-electron chi connectivity index (χ2n) is 5.72. The van der Waals surface area contributed by atoms with Crippen molar-refractivity contribution >= 4 is 15.8 Å². The summed E-state index contributed by atoms with van der Waals surface area (Å²) >= 11 is 0. The average Bonchev–Trinajstić information content (AvgIpc) is 3.00. The third-order valence-corrected chi connectivity index (χ3v) is 5.31. The SMILES string of the molecule is CS(=O)(=O)N1CCC2(CC(Nc3ncccc3F)CO2)C1. The third kappa shape index (κ3) is 3.02. The smallest absolute Gasteiger partial charge is 0.211 e. The quantitative estimate of drug-likeness (QED) is 0.894. The lowest BCUT2D eigenvalue weighted by Gasteiger charge is -2.22. The molecule has 2 unspecified atom stereocenters. The summed E-state index contributed by atoms with van der Waals surface area (Å²) in [6.07, 6.45) is 4.05. The van der Waals surface area contributed by atoms with Gasteiger partial charge in [0.15, 0.2) is 11.6 Å². The van der Waals surface area contributed by atoms with Gasteiger partial charge in [0.1, 0.15) is 0 Å². The van der Waals surface area contributed by atoms with Crippen LogP contribution in [-0.2, 0) is 14.8 Å². The van der Waals surface area contributed by atoms with Gasteiger partial charge in [-0.25, -0.2) is 17.8 Å². The summed E-state index contributed by atoms with van der Waals surface area (Å²) in [4.78, 5) is 3.96. The van der Waals surface area contributed by atoms with E-state index in [4.69, 9.17) is 4.74 Å². The third-order valence-electron chi connectivity index (χ3n) is 4.06. The fourth-order valence-electron chi connectivity index (χ4n) is 3.00. The molecule has 2 aliphatic rings. The minimum atomic E-state index is -3.19. The van der Waals surface area contributed by atoms with Gasteiger partial charge in [-0.2, -0.15) is 4.31 Å². The van der Waals surface area contributed by atoms with E-state index in [1.54, 1.807) is 0 Å². The first-order chi connectivity index (χ1) is 9.88. The number of ether oxygens (including phenoxy) is 1. The molecule has 2 aliphatic heterocycles. The Bertz CT molecular complexity index is 639. The number of nitrogens with zero attached hydrogens (tertiary/aromatic N) is 2. The lowest BCUT2D eigenvalue weighted by atomic mass is 9.97. The zero-order valence-corrected chi connectivity index (χ0v) is 12.6. The molecular weight excluding hydrogens is 297 g/mol. The van der Waals surface area contributed by atoms with Crippen molar-refractivity contribution in [2.24, 2.45) is 0 Å². The minimum absolute atomic E-state index is 0.0612. The molecule has 3 heterocycles. The maximum absolute atomic E-state index is 13.6. The van der Waals surface area contributed by atoms with Crippen LogP contribution in [0.1, 0.15) is 12.8 Å². The van der Waals surface area contributed by atoms with Crippen LogP contribution in [0.3, 0.4) is 0 Å². The standard InChI is InChI=1S/C13H18FN3O3S/c1-21(18,19)17-6-4-13(9-17)7-10(8-20-13)16-12-11(14)3-2-5-15-12/h2-3,5,10H,4,6-9H2,1H3,(H,15,16). The zero-order valence-electron chi connectivity index (χ0n) is 11.8. The van der Waals surface area contributed by atoms with Crippen molar-refractivity contribution < 1.29 is 17.5 Å². The number of hydrogen-bond acceptors (Lipinski definition) is 5. The molecule has 0 saturated carbocycles. The van der Waals surface area contributed by atoms with Gasteiger partial charge in [0.2, 0.25) is 10.0 Å². The normalized spacial score (nSPS) is 30.1. The Kier molecular flexibility index (Phi) is 3.62. The highest BCUT2D eigenvalue weighted by molar-refractivity contribution is 7.88. The maximum Gasteiger partial charge on any atom is 0.211 e. The van der Waals surface area contributed by atoms with Crippen LogP contribution in [0.15, 0.2) is 18.3 Å². The molecule has 1 aromatic rings. The fraction of sp³-hybridized carbons (Fsp3) is 0.615. The molecule has 0 aromatic carbocycles. The fourth-order valence-corrected chi connectivity index (χ4v) is 3.89. The van der Waals surface area contributed by atoms with Gasteiger partial charge in [0, 0.05) is 25.7 Å². The topological polar surface area (TPSA) is 71.5 Å². The molecule has 1 N–H and O–H groups in total. The van der Waals surface area contributed by atoms with E-state index in [1.807, 2.05) is 0 Å². The van der Waals surface area contributed by atoms with Crippen molar-refractivity contribution in [3.63, 3.8) is 0 Å². The van der Waals surface area contributed by atoms with Gasteiger partial charge in [0.25, 0.3) is 0 Å². The number of hydrogen-bond donors (Lipinski definition) is 1. The van der Waals surface area contributed by atoms with Crippen LogP contribution in [-0.4, -0.2) is 55.3 Å². The van der Waals surface area contributed by atoms with Crippen LogP contribution in [0.4, 0.5) is 10.2 Å². The van der Waals surface area contributed by atoms with Crippen molar-refractivity contribution in [2.75, 3.05) is 31.3 Å². The highest BCUT2D eigenvalue weighted by Gasteiger charge is 2.47.